The van der Waals surface area contributed by atoms with E-state index in [1.807, 2.05) is 0 Å². The molecule has 0 amide bonds. The fourth-order valence-electron chi connectivity index (χ4n) is 1.66. The summed E-state index contributed by atoms with van der Waals surface area (Å²) in [4.78, 5) is 8.24. The molecule has 2 aromatic rings. The zero-order valence-corrected chi connectivity index (χ0v) is 11.3. The van der Waals surface area contributed by atoms with Gasteiger partial charge in [-0.25, -0.2) is 9.97 Å². The number of halogens is 3. The van der Waals surface area contributed by atoms with E-state index in [2.05, 4.69) is 14.7 Å². The topological polar surface area (TPSA) is 44.2 Å². The Bertz CT molecular complexity index is 596. The van der Waals surface area contributed by atoms with Gasteiger partial charge in [0.25, 0.3) is 0 Å². The van der Waals surface area contributed by atoms with Crippen LogP contribution in [0.2, 0.25) is 5.15 Å². The van der Waals surface area contributed by atoms with Crippen LogP contribution in [0.5, 0.6) is 5.75 Å². The van der Waals surface area contributed by atoms with E-state index in [0.717, 1.165) is 0 Å². The molecule has 1 aromatic carbocycles. The third-order valence-corrected chi connectivity index (χ3v) is 2.58. The number of aromatic nitrogens is 2. The van der Waals surface area contributed by atoms with Crippen LogP contribution in [0.1, 0.15) is 5.69 Å². The van der Waals surface area contributed by atoms with Gasteiger partial charge < -0.3 is 9.47 Å². The van der Waals surface area contributed by atoms with E-state index >= 15 is 0 Å². The van der Waals surface area contributed by atoms with Crippen molar-refractivity contribution in [2.24, 2.45) is 0 Å². The first-order valence-electron chi connectivity index (χ1n) is 5.66. The van der Waals surface area contributed by atoms with Crippen LogP contribution < -0.4 is 4.74 Å². The number of hydrogen-bond acceptors (Lipinski definition) is 4. The quantitative estimate of drug-likeness (QED) is 0.792. The molecule has 1 aromatic heterocycles. The van der Waals surface area contributed by atoms with Crippen molar-refractivity contribution in [1.82, 2.24) is 9.97 Å². The molecular weight excluding hydrogens is 290 g/mol. The van der Waals surface area contributed by atoms with E-state index < -0.39 is 6.61 Å². The molecule has 106 valence electrons. The van der Waals surface area contributed by atoms with Crippen molar-refractivity contribution in [3.63, 3.8) is 0 Å². The molecule has 0 unspecified atom stereocenters. The monoisotopic (exact) mass is 300 g/mol. The second kappa shape index (κ2) is 6.58. The van der Waals surface area contributed by atoms with Gasteiger partial charge in [-0.15, -0.1) is 0 Å². The summed E-state index contributed by atoms with van der Waals surface area (Å²) in [6.45, 7) is -2.68. The third-order valence-electron chi connectivity index (χ3n) is 2.38. The number of hydrogen-bond donors (Lipinski definition) is 0. The van der Waals surface area contributed by atoms with Crippen molar-refractivity contribution >= 4 is 11.6 Å². The molecule has 0 aliphatic carbocycles. The van der Waals surface area contributed by atoms with E-state index in [9.17, 15) is 8.78 Å². The van der Waals surface area contributed by atoms with E-state index in [4.69, 9.17) is 16.3 Å². The zero-order chi connectivity index (χ0) is 14.5. The highest BCUT2D eigenvalue weighted by atomic mass is 35.5. The minimum absolute atomic E-state index is 0.00636. The summed E-state index contributed by atoms with van der Waals surface area (Å²) in [5.41, 5.74) is 0.891. The fourth-order valence-corrected chi connectivity index (χ4v) is 1.86. The smallest absolute Gasteiger partial charge is 0.387 e. The normalized spacial score (nSPS) is 10.8. The fraction of sp³-hybridized carbons (Fsp3) is 0.231. The minimum atomic E-state index is -2.92. The molecule has 7 heteroatoms. The standard InChI is InChI=1S/C13H11ClF2N2O2/c1-19-7-8-6-11(14)18-12(17-8)9-4-2-3-5-10(9)20-13(15)16/h2-6,13H,7H2,1H3. The summed E-state index contributed by atoms with van der Waals surface area (Å²) < 4.78 is 34.2. The molecule has 0 radical (unpaired) electrons. The predicted octanol–water partition coefficient (Wildman–Crippen LogP) is 3.54. The lowest BCUT2D eigenvalue weighted by Crippen LogP contribution is -2.04. The Hall–Kier alpha value is -1.79. The number of benzene rings is 1. The molecule has 4 nitrogen and oxygen atoms in total. The molecule has 0 aliphatic rings. The van der Waals surface area contributed by atoms with Crippen LogP contribution in [0.15, 0.2) is 30.3 Å². The first-order valence-corrected chi connectivity index (χ1v) is 6.04. The lowest BCUT2D eigenvalue weighted by atomic mass is 10.2. The molecule has 20 heavy (non-hydrogen) atoms. The van der Waals surface area contributed by atoms with Gasteiger partial charge in [-0.1, -0.05) is 23.7 Å². The number of rotatable bonds is 5. The lowest BCUT2D eigenvalue weighted by Gasteiger charge is -2.10. The summed E-state index contributed by atoms with van der Waals surface area (Å²) in [6.07, 6.45) is 0. The molecule has 0 saturated heterocycles. The predicted molar refractivity (Wildman–Crippen MR) is 69.8 cm³/mol. The summed E-state index contributed by atoms with van der Waals surface area (Å²) >= 11 is 5.90. The molecule has 0 saturated carbocycles. The first kappa shape index (κ1) is 14.6. The molecule has 2 rings (SSSR count). The van der Waals surface area contributed by atoms with Crippen LogP contribution in [-0.2, 0) is 11.3 Å². The van der Waals surface area contributed by atoms with E-state index in [1.165, 1.54) is 13.2 Å². The average Bonchev–Trinajstić information content (AvgIpc) is 2.38. The van der Waals surface area contributed by atoms with E-state index in [0.29, 0.717) is 11.3 Å². The van der Waals surface area contributed by atoms with Gasteiger partial charge in [0.2, 0.25) is 0 Å². The number of methoxy groups -OCH3 is 1. The van der Waals surface area contributed by atoms with Crippen LogP contribution in [-0.4, -0.2) is 23.7 Å². The SMILES string of the molecule is COCc1cc(Cl)nc(-c2ccccc2OC(F)F)n1. The second-order valence-electron chi connectivity index (χ2n) is 3.81. The molecule has 0 bridgehead atoms. The Morgan fingerprint density at radius 1 is 1.25 bits per heavy atom. The summed E-state index contributed by atoms with van der Waals surface area (Å²) in [6, 6.07) is 7.81. The molecular formula is C13H11ClF2N2O2. The van der Waals surface area contributed by atoms with Gasteiger partial charge in [0.05, 0.1) is 17.9 Å². The van der Waals surface area contributed by atoms with Gasteiger partial charge in [0, 0.05) is 7.11 Å². The van der Waals surface area contributed by atoms with Gasteiger partial charge in [-0.05, 0) is 18.2 Å². The van der Waals surface area contributed by atoms with Crippen molar-refractivity contribution in [1.29, 1.82) is 0 Å². The molecule has 0 aliphatic heterocycles. The van der Waals surface area contributed by atoms with Crippen molar-refractivity contribution < 1.29 is 18.3 Å². The second-order valence-corrected chi connectivity index (χ2v) is 4.20. The lowest BCUT2D eigenvalue weighted by molar-refractivity contribution is -0.0494. The Kier molecular flexibility index (Phi) is 4.81. The molecule has 0 fully saturated rings. The van der Waals surface area contributed by atoms with Crippen LogP contribution in [0.25, 0.3) is 11.4 Å². The Morgan fingerprint density at radius 3 is 2.70 bits per heavy atom. The van der Waals surface area contributed by atoms with E-state index in [-0.39, 0.29) is 23.3 Å². The Labute approximate surface area is 119 Å². The van der Waals surface area contributed by atoms with Crippen molar-refractivity contribution in [2.75, 3.05) is 7.11 Å². The largest absolute Gasteiger partial charge is 0.434 e. The number of ether oxygens (including phenoxy) is 2. The highest BCUT2D eigenvalue weighted by Gasteiger charge is 2.14. The van der Waals surface area contributed by atoms with Gasteiger partial charge in [-0.3, -0.25) is 0 Å². The minimum Gasteiger partial charge on any atom is -0.434 e. The van der Waals surface area contributed by atoms with Gasteiger partial charge >= 0.3 is 6.61 Å². The molecule has 0 N–H and O–H groups in total. The summed E-state index contributed by atoms with van der Waals surface area (Å²) in [7, 11) is 1.52. The average molecular weight is 301 g/mol. The highest BCUT2D eigenvalue weighted by molar-refractivity contribution is 6.29. The summed E-state index contributed by atoms with van der Waals surface area (Å²) in [5.74, 6) is 0.203. The first-order chi connectivity index (χ1) is 9.60. The number of nitrogens with zero attached hydrogens (tertiary/aromatic N) is 2. The molecule has 0 atom stereocenters. The van der Waals surface area contributed by atoms with Crippen LogP contribution in [0.3, 0.4) is 0 Å². The van der Waals surface area contributed by atoms with Crippen molar-refractivity contribution in [3.8, 4) is 17.1 Å². The van der Waals surface area contributed by atoms with Crippen molar-refractivity contribution in [3.05, 3.63) is 41.2 Å². The third kappa shape index (κ3) is 3.61. The van der Waals surface area contributed by atoms with Crippen LogP contribution in [0, 0.1) is 0 Å². The molecule has 1 heterocycles. The van der Waals surface area contributed by atoms with Crippen molar-refractivity contribution in [2.45, 2.75) is 13.2 Å². The zero-order valence-electron chi connectivity index (χ0n) is 10.5. The highest BCUT2D eigenvalue weighted by Crippen LogP contribution is 2.29. The maximum atomic E-state index is 12.4. The maximum absolute atomic E-state index is 12.4. The number of alkyl halides is 2. The van der Waals surface area contributed by atoms with Gasteiger partial charge in [0.1, 0.15) is 10.9 Å². The molecule has 0 spiro atoms. The number of para-hydroxylation sites is 1. The van der Waals surface area contributed by atoms with Gasteiger partial charge in [0.15, 0.2) is 5.82 Å². The van der Waals surface area contributed by atoms with E-state index in [1.54, 1.807) is 24.3 Å². The Morgan fingerprint density at radius 2 is 2.00 bits per heavy atom. The van der Waals surface area contributed by atoms with Crippen LogP contribution in [0.4, 0.5) is 8.78 Å². The maximum Gasteiger partial charge on any atom is 0.387 e. The summed E-state index contributed by atoms with van der Waals surface area (Å²) in [5, 5.41) is 0.203. The van der Waals surface area contributed by atoms with Crippen LogP contribution >= 0.6 is 11.6 Å². The van der Waals surface area contributed by atoms with Gasteiger partial charge in [-0.2, -0.15) is 8.78 Å². The Balaban J connectivity index is 2.45.